The van der Waals surface area contributed by atoms with Crippen LogP contribution in [0, 0.1) is 16.0 Å². The highest BCUT2D eigenvalue weighted by Gasteiger charge is 2.26. The monoisotopic (exact) mass is 264 g/mol. The first-order valence-corrected chi connectivity index (χ1v) is 6.21. The van der Waals surface area contributed by atoms with Crippen LogP contribution in [0.15, 0.2) is 18.2 Å². The van der Waals surface area contributed by atoms with Crippen LogP contribution < -0.4 is 4.90 Å². The number of hydrogen-bond acceptors (Lipinski definition) is 4. The van der Waals surface area contributed by atoms with Gasteiger partial charge in [-0.15, -0.1) is 0 Å². The molecule has 0 aliphatic carbocycles. The van der Waals surface area contributed by atoms with Gasteiger partial charge in [0.15, 0.2) is 0 Å². The lowest BCUT2D eigenvalue weighted by molar-refractivity contribution is -0.384. The molecule has 1 unspecified atom stereocenters. The van der Waals surface area contributed by atoms with Crippen molar-refractivity contribution < 1.29 is 14.8 Å². The van der Waals surface area contributed by atoms with Crippen LogP contribution in [0.4, 0.5) is 11.4 Å². The molecule has 0 bridgehead atoms. The van der Waals surface area contributed by atoms with Crippen molar-refractivity contribution in [1.82, 2.24) is 0 Å². The van der Waals surface area contributed by atoms with E-state index in [1.54, 1.807) is 11.0 Å². The molecule has 102 valence electrons. The summed E-state index contributed by atoms with van der Waals surface area (Å²) >= 11 is 0. The van der Waals surface area contributed by atoms with Crippen molar-refractivity contribution >= 4 is 17.3 Å². The van der Waals surface area contributed by atoms with Crippen molar-refractivity contribution in [2.75, 3.05) is 18.1 Å². The van der Waals surface area contributed by atoms with Crippen molar-refractivity contribution in [3.63, 3.8) is 0 Å². The van der Waals surface area contributed by atoms with Crippen molar-refractivity contribution in [3.8, 4) is 0 Å². The summed E-state index contributed by atoms with van der Waals surface area (Å²) in [7, 11) is 0. The van der Waals surface area contributed by atoms with E-state index in [0.717, 1.165) is 11.3 Å². The van der Waals surface area contributed by atoms with Gasteiger partial charge in [-0.2, -0.15) is 0 Å². The molecule has 0 spiro atoms. The van der Waals surface area contributed by atoms with E-state index in [2.05, 4.69) is 0 Å². The minimum absolute atomic E-state index is 0.00153. The number of aliphatic hydroxyl groups is 1. The van der Waals surface area contributed by atoms with E-state index in [-0.39, 0.29) is 24.1 Å². The Balaban J connectivity index is 2.33. The van der Waals surface area contributed by atoms with Gasteiger partial charge in [0, 0.05) is 37.4 Å². The van der Waals surface area contributed by atoms with Crippen molar-refractivity contribution in [2.24, 2.45) is 5.92 Å². The fourth-order valence-electron chi connectivity index (χ4n) is 2.23. The molecular weight excluding hydrogens is 248 g/mol. The van der Waals surface area contributed by atoms with E-state index < -0.39 is 4.92 Å². The van der Waals surface area contributed by atoms with E-state index in [4.69, 9.17) is 5.11 Å². The Morgan fingerprint density at radius 2 is 2.21 bits per heavy atom. The molecule has 0 aromatic heterocycles. The number of carbonyl (C=O) groups is 1. The molecule has 0 saturated carbocycles. The predicted molar refractivity (Wildman–Crippen MR) is 70.0 cm³/mol. The number of nitro benzene ring substituents is 1. The standard InChI is InChI=1S/C13H16N2O4/c1-9(8-16)7-14-12-4-3-11(15(18)19)6-10(12)2-5-13(14)17/h3-4,6,9,16H,2,5,7-8H2,1H3. The van der Waals surface area contributed by atoms with Crippen LogP contribution in [0.25, 0.3) is 0 Å². The largest absolute Gasteiger partial charge is 0.396 e. The van der Waals surface area contributed by atoms with E-state index in [9.17, 15) is 14.9 Å². The molecule has 0 fully saturated rings. The van der Waals surface area contributed by atoms with Gasteiger partial charge >= 0.3 is 0 Å². The highest BCUT2D eigenvalue weighted by atomic mass is 16.6. The maximum absolute atomic E-state index is 11.9. The molecule has 19 heavy (non-hydrogen) atoms. The number of benzene rings is 1. The zero-order valence-electron chi connectivity index (χ0n) is 10.7. The summed E-state index contributed by atoms with van der Waals surface area (Å²) in [5, 5.41) is 19.8. The third-order valence-corrected chi connectivity index (χ3v) is 3.28. The van der Waals surface area contributed by atoms with Gasteiger partial charge in [-0.1, -0.05) is 6.92 Å². The first-order chi connectivity index (χ1) is 9.02. The summed E-state index contributed by atoms with van der Waals surface area (Å²) in [5.74, 6) is -0.0215. The topological polar surface area (TPSA) is 83.7 Å². The summed E-state index contributed by atoms with van der Waals surface area (Å²) in [6.07, 6.45) is 0.881. The molecule has 0 saturated heterocycles. The highest BCUT2D eigenvalue weighted by molar-refractivity contribution is 5.96. The van der Waals surface area contributed by atoms with Gasteiger partial charge in [0.2, 0.25) is 5.91 Å². The van der Waals surface area contributed by atoms with Gasteiger partial charge in [0.05, 0.1) is 4.92 Å². The number of anilines is 1. The maximum Gasteiger partial charge on any atom is 0.269 e. The Labute approximate surface area is 110 Å². The lowest BCUT2D eigenvalue weighted by Gasteiger charge is -2.31. The van der Waals surface area contributed by atoms with Crippen LogP contribution in [0.5, 0.6) is 0 Å². The van der Waals surface area contributed by atoms with Crippen LogP contribution in [-0.4, -0.2) is 29.1 Å². The van der Waals surface area contributed by atoms with Gasteiger partial charge < -0.3 is 10.0 Å². The molecule has 1 aliphatic heterocycles. The molecule has 1 aliphatic rings. The number of carbonyl (C=O) groups excluding carboxylic acids is 1. The van der Waals surface area contributed by atoms with E-state index >= 15 is 0 Å². The van der Waals surface area contributed by atoms with Gasteiger partial charge in [-0.3, -0.25) is 14.9 Å². The minimum atomic E-state index is -0.433. The maximum atomic E-state index is 11.9. The van der Waals surface area contributed by atoms with E-state index in [0.29, 0.717) is 19.4 Å². The molecule has 0 radical (unpaired) electrons. The summed E-state index contributed by atoms with van der Waals surface area (Å²) in [6.45, 7) is 2.29. The third kappa shape index (κ3) is 2.73. The van der Waals surface area contributed by atoms with Crippen LogP contribution in [-0.2, 0) is 11.2 Å². The second kappa shape index (κ2) is 5.36. The van der Waals surface area contributed by atoms with Crippen LogP contribution >= 0.6 is 0 Å². The Bertz CT molecular complexity index is 515. The van der Waals surface area contributed by atoms with Gasteiger partial charge in [-0.05, 0) is 24.0 Å². The number of aryl methyl sites for hydroxylation is 1. The summed E-state index contributed by atoms with van der Waals surface area (Å²) in [6, 6.07) is 4.56. The third-order valence-electron chi connectivity index (χ3n) is 3.28. The Morgan fingerprint density at radius 1 is 1.47 bits per heavy atom. The molecule has 1 aromatic rings. The van der Waals surface area contributed by atoms with Crippen molar-refractivity contribution in [1.29, 1.82) is 0 Å². The fraction of sp³-hybridized carbons (Fsp3) is 0.462. The SMILES string of the molecule is CC(CO)CN1C(=O)CCc2cc([N+](=O)[O-])ccc21. The molecule has 6 nitrogen and oxygen atoms in total. The molecule has 1 heterocycles. The fourth-order valence-corrected chi connectivity index (χ4v) is 2.23. The summed E-state index contributed by atoms with van der Waals surface area (Å²) < 4.78 is 0. The first kappa shape index (κ1) is 13.5. The summed E-state index contributed by atoms with van der Waals surface area (Å²) in [5.41, 5.74) is 1.59. The minimum Gasteiger partial charge on any atom is -0.396 e. The molecule has 2 rings (SSSR count). The van der Waals surface area contributed by atoms with E-state index in [1.807, 2.05) is 6.92 Å². The average Bonchev–Trinajstić information content (AvgIpc) is 2.41. The van der Waals surface area contributed by atoms with Gasteiger partial charge in [0.1, 0.15) is 0 Å². The Hall–Kier alpha value is -1.95. The van der Waals surface area contributed by atoms with Gasteiger partial charge in [-0.25, -0.2) is 0 Å². The molecule has 1 amide bonds. The van der Waals surface area contributed by atoms with Crippen LogP contribution in [0.3, 0.4) is 0 Å². The molecule has 1 N–H and O–H groups in total. The number of non-ortho nitro benzene ring substituents is 1. The highest BCUT2D eigenvalue weighted by Crippen LogP contribution is 2.31. The second-order valence-electron chi connectivity index (χ2n) is 4.86. The lowest BCUT2D eigenvalue weighted by Crippen LogP contribution is -2.38. The molecule has 1 aromatic carbocycles. The number of nitrogens with zero attached hydrogens (tertiary/aromatic N) is 2. The molecular formula is C13H16N2O4. The number of rotatable bonds is 4. The Morgan fingerprint density at radius 3 is 2.84 bits per heavy atom. The average molecular weight is 264 g/mol. The lowest BCUT2D eigenvalue weighted by atomic mass is 9.99. The van der Waals surface area contributed by atoms with Crippen molar-refractivity contribution in [3.05, 3.63) is 33.9 Å². The van der Waals surface area contributed by atoms with Crippen LogP contribution in [0.1, 0.15) is 18.9 Å². The number of aliphatic hydroxyl groups excluding tert-OH is 1. The zero-order chi connectivity index (χ0) is 14.0. The van der Waals surface area contributed by atoms with E-state index in [1.165, 1.54) is 12.1 Å². The normalized spacial score (nSPS) is 16.1. The second-order valence-corrected chi connectivity index (χ2v) is 4.86. The number of hydrogen-bond donors (Lipinski definition) is 1. The smallest absolute Gasteiger partial charge is 0.269 e. The van der Waals surface area contributed by atoms with Crippen LogP contribution in [0.2, 0.25) is 0 Å². The van der Waals surface area contributed by atoms with Gasteiger partial charge in [0.25, 0.3) is 5.69 Å². The number of amides is 1. The summed E-state index contributed by atoms with van der Waals surface area (Å²) in [4.78, 5) is 23.9. The van der Waals surface area contributed by atoms with Crippen molar-refractivity contribution in [2.45, 2.75) is 19.8 Å². The predicted octanol–water partition coefficient (Wildman–Crippen LogP) is 1.50. The molecule has 6 heteroatoms. The number of fused-ring (bicyclic) bond motifs is 1. The number of nitro groups is 1. The molecule has 1 atom stereocenters. The zero-order valence-corrected chi connectivity index (χ0v) is 10.7. The first-order valence-electron chi connectivity index (χ1n) is 6.21. The Kier molecular flexibility index (Phi) is 3.80. The quantitative estimate of drug-likeness (QED) is 0.659.